The van der Waals surface area contributed by atoms with Gasteiger partial charge in [0.15, 0.2) is 5.54 Å². The summed E-state index contributed by atoms with van der Waals surface area (Å²) in [5.41, 5.74) is 4.31. The van der Waals surface area contributed by atoms with Crippen LogP contribution in [0, 0.1) is 0 Å². The number of nitrogens with zero attached hydrogens (tertiary/aromatic N) is 2. The molecule has 7 nitrogen and oxygen atoms in total. The molecule has 1 saturated heterocycles. The molecule has 1 atom stereocenters. The maximum Gasteiger partial charge on any atom is 0.322 e. The number of urea groups is 1. The summed E-state index contributed by atoms with van der Waals surface area (Å²) in [5.74, 6) is -0.0438. The van der Waals surface area contributed by atoms with Crippen molar-refractivity contribution >= 4 is 11.9 Å². The molecule has 0 unspecified atom stereocenters. The van der Waals surface area contributed by atoms with Crippen molar-refractivity contribution in [2.75, 3.05) is 6.54 Å². The zero-order chi connectivity index (χ0) is 11.1. The van der Waals surface area contributed by atoms with Crippen LogP contribution in [0.2, 0.25) is 0 Å². The van der Waals surface area contributed by atoms with Crippen molar-refractivity contribution in [3.05, 3.63) is 18.2 Å². The van der Waals surface area contributed by atoms with Gasteiger partial charge in [0.25, 0.3) is 5.91 Å². The van der Waals surface area contributed by atoms with Crippen molar-refractivity contribution < 1.29 is 9.59 Å². The van der Waals surface area contributed by atoms with Gasteiger partial charge >= 0.3 is 6.03 Å². The Morgan fingerprint density at radius 3 is 2.73 bits per heavy atom. The lowest BCUT2D eigenvalue weighted by molar-refractivity contribution is -0.124. The molecule has 7 heteroatoms. The van der Waals surface area contributed by atoms with Crippen LogP contribution in [0.1, 0.15) is 5.82 Å². The highest BCUT2D eigenvalue weighted by Gasteiger charge is 2.49. The normalized spacial score (nSPS) is 25.2. The highest BCUT2D eigenvalue weighted by molar-refractivity contribution is 6.07. The van der Waals surface area contributed by atoms with Crippen LogP contribution in [0.15, 0.2) is 12.4 Å². The van der Waals surface area contributed by atoms with Crippen molar-refractivity contribution in [2.24, 2.45) is 12.8 Å². The fraction of sp³-hybridized carbons (Fsp3) is 0.375. The molecule has 0 spiro atoms. The van der Waals surface area contributed by atoms with Crippen molar-refractivity contribution in [1.29, 1.82) is 0 Å². The minimum absolute atomic E-state index is 0.0323. The van der Waals surface area contributed by atoms with Crippen molar-refractivity contribution in [3.63, 3.8) is 0 Å². The maximum absolute atomic E-state index is 11.7. The Kier molecular flexibility index (Phi) is 1.97. The molecule has 2 rings (SSSR count). The molecule has 80 valence electrons. The quantitative estimate of drug-likeness (QED) is 0.511. The number of aryl methyl sites for hydroxylation is 1. The Morgan fingerprint density at radius 2 is 2.33 bits per heavy atom. The van der Waals surface area contributed by atoms with E-state index in [-0.39, 0.29) is 6.54 Å². The molecule has 1 fully saturated rings. The van der Waals surface area contributed by atoms with Gasteiger partial charge in [0.05, 0.1) is 0 Å². The molecule has 1 aliphatic rings. The molecule has 2 heterocycles. The number of nitrogens with two attached hydrogens (primary N) is 1. The van der Waals surface area contributed by atoms with Crippen molar-refractivity contribution in [1.82, 2.24) is 20.2 Å². The zero-order valence-electron chi connectivity index (χ0n) is 8.15. The Hall–Kier alpha value is -1.89. The average Bonchev–Trinajstić information content (AvgIpc) is 2.71. The summed E-state index contributed by atoms with van der Waals surface area (Å²) in [6, 6.07) is -0.548. The number of carbonyl (C=O) groups is 2. The number of hydrogen-bond acceptors (Lipinski definition) is 4. The van der Waals surface area contributed by atoms with Crippen LogP contribution in [0.25, 0.3) is 0 Å². The first-order chi connectivity index (χ1) is 7.10. The number of imidazole rings is 1. The lowest BCUT2D eigenvalue weighted by Gasteiger charge is -2.23. The van der Waals surface area contributed by atoms with Crippen LogP contribution in [0.3, 0.4) is 0 Å². The van der Waals surface area contributed by atoms with Gasteiger partial charge in [0.2, 0.25) is 0 Å². The maximum atomic E-state index is 11.7. The van der Waals surface area contributed by atoms with Gasteiger partial charge in [-0.2, -0.15) is 0 Å². The second-order valence-electron chi connectivity index (χ2n) is 3.38. The molecule has 0 bridgehead atoms. The van der Waals surface area contributed by atoms with E-state index in [1.807, 2.05) is 0 Å². The van der Waals surface area contributed by atoms with E-state index in [9.17, 15) is 9.59 Å². The monoisotopic (exact) mass is 209 g/mol. The van der Waals surface area contributed by atoms with Gasteiger partial charge in [-0.25, -0.2) is 9.78 Å². The Bertz CT molecular complexity index is 426. The van der Waals surface area contributed by atoms with E-state index >= 15 is 0 Å². The number of aromatic nitrogens is 2. The minimum Gasteiger partial charge on any atom is -0.336 e. The fourth-order valence-electron chi connectivity index (χ4n) is 1.66. The van der Waals surface area contributed by atoms with Crippen LogP contribution in [0.4, 0.5) is 4.79 Å². The lowest BCUT2D eigenvalue weighted by Crippen LogP contribution is -2.51. The molecule has 0 aromatic carbocycles. The van der Waals surface area contributed by atoms with Crippen LogP contribution in [-0.2, 0) is 17.4 Å². The lowest BCUT2D eigenvalue weighted by atomic mass is 9.99. The van der Waals surface area contributed by atoms with E-state index in [4.69, 9.17) is 5.73 Å². The molecule has 15 heavy (non-hydrogen) atoms. The number of amides is 3. The summed E-state index contributed by atoms with van der Waals surface area (Å²) < 4.78 is 1.65. The number of rotatable bonds is 2. The van der Waals surface area contributed by atoms with Gasteiger partial charge in [0.1, 0.15) is 5.82 Å². The zero-order valence-corrected chi connectivity index (χ0v) is 8.15. The van der Waals surface area contributed by atoms with Crippen LogP contribution in [-0.4, -0.2) is 28.0 Å². The Balaban J connectivity index is 2.51. The molecule has 1 aliphatic heterocycles. The van der Waals surface area contributed by atoms with Crippen LogP contribution >= 0.6 is 0 Å². The van der Waals surface area contributed by atoms with E-state index in [0.717, 1.165) is 0 Å². The van der Waals surface area contributed by atoms with Gasteiger partial charge in [0, 0.05) is 26.0 Å². The SMILES string of the molecule is Cn1ccnc1[C@]1(CN)NC(=O)NC1=O. The van der Waals surface area contributed by atoms with Gasteiger partial charge in [-0.3, -0.25) is 10.1 Å². The number of nitrogens with one attached hydrogen (secondary N) is 2. The molecule has 3 amide bonds. The molecule has 1 aromatic rings. The summed E-state index contributed by atoms with van der Waals surface area (Å²) in [6.07, 6.45) is 3.23. The van der Waals surface area contributed by atoms with Gasteiger partial charge in [-0.15, -0.1) is 0 Å². The van der Waals surface area contributed by atoms with Gasteiger partial charge in [-0.1, -0.05) is 0 Å². The predicted molar refractivity (Wildman–Crippen MR) is 50.6 cm³/mol. The van der Waals surface area contributed by atoms with E-state index in [1.165, 1.54) is 0 Å². The highest BCUT2D eigenvalue weighted by atomic mass is 16.2. The average molecular weight is 209 g/mol. The van der Waals surface area contributed by atoms with E-state index in [0.29, 0.717) is 5.82 Å². The first-order valence-electron chi connectivity index (χ1n) is 4.41. The molecule has 0 saturated carbocycles. The fourth-order valence-corrected chi connectivity index (χ4v) is 1.66. The third kappa shape index (κ3) is 1.20. The van der Waals surface area contributed by atoms with E-state index in [2.05, 4.69) is 15.6 Å². The minimum atomic E-state index is -1.24. The summed E-state index contributed by atoms with van der Waals surface area (Å²) >= 11 is 0. The van der Waals surface area contributed by atoms with E-state index < -0.39 is 17.5 Å². The molecule has 0 radical (unpaired) electrons. The summed E-state index contributed by atoms with van der Waals surface area (Å²) in [4.78, 5) is 26.8. The summed E-state index contributed by atoms with van der Waals surface area (Å²) in [7, 11) is 1.73. The van der Waals surface area contributed by atoms with E-state index in [1.54, 1.807) is 24.0 Å². The van der Waals surface area contributed by atoms with Crippen molar-refractivity contribution in [2.45, 2.75) is 5.54 Å². The van der Waals surface area contributed by atoms with Crippen LogP contribution in [0.5, 0.6) is 0 Å². The standard InChI is InChI=1S/C8H11N5O2/c1-13-3-2-10-5(13)8(4-9)6(14)11-7(15)12-8/h2-3H,4,9H2,1H3,(H2,11,12,14,15)/t8-/m0/s1. The smallest absolute Gasteiger partial charge is 0.322 e. The molecule has 4 N–H and O–H groups in total. The second kappa shape index (κ2) is 3.06. The number of hydrogen-bond donors (Lipinski definition) is 3. The second-order valence-corrected chi connectivity index (χ2v) is 3.38. The molecule has 1 aromatic heterocycles. The molecular weight excluding hydrogens is 198 g/mol. The van der Waals surface area contributed by atoms with Gasteiger partial charge < -0.3 is 15.6 Å². The third-order valence-electron chi connectivity index (χ3n) is 2.45. The van der Waals surface area contributed by atoms with Gasteiger partial charge in [-0.05, 0) is 0 Å². The third-order valence-corrected chi connectivity index (χ3v) is 2.45. The van der Waals surface area contributed by atoms with Crippen LogP contribution < -0.4 is 16.4 Å². The summed E-state index contributed by atoms with van der Waals surface area (Å²) in [5, 5.41) is 4.65. The highest BCUT2D eigenvalue weighted by Crippen LogP contribution is 2.21. The number of imide groups is 1. The topological polar surface area (TPSA) is 102 Å². The number of carbonyl (C=O) groups excluding carboxylic acids is 2. The largest absolute Gasteiger partial charge is 0.336 e. The first-order valence-corrected chi connectivity index (χ1v) is 4.41. The predicted octanol–water partition coefficient (Wildman–Crippen LogP) is -1.59. The van der Waals surface area contributed by atoms with Crippen molar-refractivity contribution in [3.8, 4) is 0 Å². The Morgan fingerprint density at radius 1 is 1.60 bits per heavy atom. The first kappa shape index (κ1) is 9.66. The molecular formula is C8H11N5O2. The Labute approximate surface area is 85.7 Å². The molecule has 0 aliphatic carbocycles. The summed E-state index contributed by atoms with van der Waals surface area (Å²) in [6.45, 7) is -0.0323.